The molecule has 160 valence electrons. The van der Waals surface area contributed by atoms with Crippen molar-refractivity contribution in [3.05, 3.63) is 22.4 Å². The largest absolute Gasteiger partial charge is 0.356 e. The van der Waals surface area contributed by atoms with Gasteiger partial charge < -0.3 is 10.6 Å². The minimum Gasteiger partial charge on any atom is -0.356 e. The van der Waals surface area contributed by atoms with Crippen molar-refractivity contribution in [3.63, 3.8) is 0 Å². The quantitative estimate of drug-likeness (QED) is 0.353. The van der Waals surface area contributed by atoms with Crippen LogP contribution in [0.15, 0.2) is 22.5 Å². The lowest BCUT2D eigenvalue weighted by molar-refractivity contribution is 0.173. The Morgan fingerprint density at radius 2 is 1.93 bits per heavy atom. The molecule has 0 unspecified atom stereocenters. The Balaban J connectivity index is 1.59. The second-order valence-electron chi connectivity index (χ2n) is 8.46. The molecule has 0 atom stereocenters. The van der Waals surface area contributed by atoms with E-state index in [1.165, 1.54) is 30.8 Å². The van der Waals surface area contributed by atoms with Crippen LogP contribution >= 0.6 is 11.3 Å². The Morgan fingerprint density at radius 1 is 1.21 bits per heavy atom. The highest BCUT2D eigenvalue weighted by molar-refractivity contribution is 7.09. The van der Waals surface area contributed by atoms with Gasteiger partial charge in [-0.1, -0.05) is 6.07 Å². The monoisotopic (exact) mass is 407 g/mol. The van der Waals surface area contributed by atoms with Crippen LogP contribution in [0.3, 0.4) is 0 Å². The third-order valence-corrected chi connectivity index (χ3v) is 6.52. The molecule has 2 N–H and O–H groups in total. The molecule has 6 heteroatoms. The van der Waals surface area contributed by atoms with Crippen molar-refractivity contribution in [1.29, 1.82) is 0 Å². The molecule has 1 fully saturated rings. The van der Waals surface area contributed by atoms with Crippen LogP contribution < -0.4 is 10.6 Å². The summed E-state index contributed by atoms with van der Waals surface area (Å²) in [5.41, 5.74) is 0. The molecule has 1 aliphatic rings. The summed E-state index contributed by atoms with van der Waals surface area (Å²) in [6.07, 6.45) is 3.68. The van der Waals surface area contributed by atoms with Crippen LogP contribution in [0.5, 0.6) is 0 Å². The second-order valence-corrected chi connectivity index (χ2v) is 9.49. The van der Waals surface area contributed by atoms with Gasteiger partial charge in [0.15, 0.2) is 5.96 Å². The molecule has 5 nitrogen and oxygen atoms in total. The van der Waals surface area contributed by atoms with Crippen LogP contribution in [-0.4, -0.2) is 67.6 Å². The number of hydrogen-bond donors (Lipinski definition) is 2. The van der Waals surface area contributed by atoms with E-state index in [0.29, 0.717) is 12.1 Å². The number of nitrogens with zero attached hydrogens (tertiary/aromatic N) is 3. The molecule has 0 radical (unpaired) electrons. The predicted molar refractivity (Wildman–Crippen MR) is 123 cm³/mol. The number of hydrogen-bond acceptors (Lipinski definition) is 4. The average molecular weight is 408 g/mol. The highest BCUT2D eigenvalue weighted by Crippen LogP contribution is 2.20. The molecule has 0 spiro atoms. The minimum absolute atomic E-state index is 0.600. The molecular formula is C22H41N5S. The smallest absolute Gasteiger partial charge is 0.190 e. The van der Waals surface area contributed by atoms with E-state index >= 15 is 0 Å². The summed E-state index contributed by atoms with van der Waals surface area (Å²) >= 11 is 1.87. The normalized spacial score (nSPS) is 17.1. The Bertz CT molecular complexity index is 539. The fraction of sp³-hybridized carbons (Fsp3) is 0.773. The third-order valence-electron chi connectivity index (χ3n) is 5.66. The van der Waals surface area contributed by atoms with Crippen LogP contribution in [0.2, 0.25) is 0 Å². The zero-order chi connectivity index (χ0) is 20.4. The van der Waals surface area contributed by atoms with Crippen molar-refractivity contribution in [3.8, 4) is 0 Å². The van der Waals surface area contributed by atoms with Crippen molar-refractivity contribution < 1.29 is 0 Å². The molecule has 28 heavy (non-hydrogen) atoms. The number of guanidine groups is 1. The van der Waals surface area contributed by atoms with E-state index in [-0.39, 0.29) is 0 Å². The van der Waals surface area contributed by atoms with E-state index in [2.05, 4.69) is 70.6 Å². The zero-order valence-electron chi connectivity index (χ0n) is 18.6. The molecule has 1 saturated heterocycles. The number of piperidine rings is 1. The molecule has 0 amide bonds. The topological polar surface area (TPSA) is 42.9 Å². The molecule has 2 heterocycles. The number of rotatable bonds is 10. The first-order valence-corrected chi connectivity index (χ1v) is 11.8. The summed E-state index contributed by atoms with van der Waals surface area (Å²) in [7, 11) is 1.87. The number of thiophene rings is 1. The molecular weight excluding hydrogens is 366 g/mol. The van der Waals surface area contributed by atoms with E-state index in [1.54, 1.807) is 0 Å². The van der Waals surface area contributed by atoms with Crippen molar-refractivity contribution >= 4 is 17.3 Å². The molecule has 2 rings (SSSR count). The Morgan fingerprint density at radius 3 is 2.50 bits per heavy atom. The van der Waals surface area contributed by atoms with Crippen molar-refractivity contribution in [2.24, 2.45) is 10.9 Å². The first-order valence-electron chi connectivity index (χ1n) is 10.9. The van der Waals surface area contributed by atoms with Gasteiger partial charge in [0.1, 0.15) is 0 Å². The SMILES string of the molecule is CN=C(NCCCN(C(C)C)C(C)C)NCC1CCN(Cc2cccs2)CC1. The first-order chi connectivity index (χ1) is 13.5. The van der Waals surface area contributed by atoms with Gasteiger partial charge >= 0.3 is 0 Å². The van der Waals surface area contributed by atoms with Gasteiger partial charge in [0, 0.05) is 50.2 Å². The van der Waals surface area contributed by atoms with Crippen LogP contribution in [0, 0.1) is 5.92 Å². The van der Waals surface area contributed by atoms with Crippen molar-refractivity contribution in [2.45, 2.75) is 65.6 Å². The van der Waals surface area contributed by atoms with Gasteiger partial charge in [-0.25, -0.2) is 0 Å². The van der Waals surface area contributed by atoms with Crippen LogP contribution in [-0.2, 0) is 6.54 Å². The van der Waals surface area contributed by atoms with Gasteiger partial charge in [-0.3, -0.25) is 14.8 Å². The highest BCUT2D eigenvalue weighted by Gasteiger charge is 2.19. The number of aliphatic imine (C=N–C) groups is 1. The maximum Gasteiger partial charge on any atom is 0.190 e. The zero-order valence-corrected chi connectivity index (χ0v) is 19.4. The molecule has 1 aliphatic heterocycles. The lowest BCUT2D eigenvalue weighted by Gasteiger charge is -2.32. The van der Waals surface area contributed by atoms with E-state index in [1.807, 2.05) is 18.4 Å². The summed E-state index contributed by atoms with van der Waals surface area (Å²) in [4.78, 5) is 11.0. The maximum absolute atomic E-state index is 4.40. The number of likely N-dealkylation sites (tertiary alicyclic amines) is 1. The number of nitrogens with one attached hydrogen (secondary N) is 2. The predicted octanol–water partition coefficient (Wildman–Crippen LogP) is 3.63. The van der Waals surface area contributed by atoms with Gasteiger partial charge in [0.05, 0.1) is 0 Å². The van der Waals surface area contributed by atoms with Gasteiger partial charge in [-0.2, -0.15) is 0 Å². The van der Waals surface area contributed by atoms with Crippen molar-refractivity contribution in [2.75, 3.05) is 39.8 Å². The summed E-state index contributed by atoms with van der Waals surface area (Å²) < 4.78 is 0. The van der Waals surface area contributed by atoms with Gasteiger partial charge in [-0.05, 0) is 77.4 Å². The van der Waals surface area contributed by atoms with Gasteiger partial charge in [0.25, 0.3) is 0 Å². The molecule has 1 aromatic rings. The summed E-state index contributed by atoms with van der Waals surface area (Å²) in [5, 5.41) is 9.20. The summed E-state index contributed by atoms with van der Waals surface area (Å²) in [5.74, 6) is 1.69. The van der Waals surface area contributed by atoms with E-state index in [4.69, 9.17) is 0 Å². The van der Waals surface area contributed by atoms with Crippen LogP contribution in [0.25, 0.3) is 0 Å². The molecule has 0 saturated carbocycles. The van der Waals surface area contributed by atoms with Crippen molar-refractivity contribution in [1.82, 2.24) is 20.4 Å². The highest BCUT2D eigenvalue weighted by atomic mass is 32.1. The van der Waals surface area contributed by atoms with E-state index in [9.17, 15) is 0 Å². The fourth-order valence-corrected chi connectivity index (χ4v) is 4.76. The lowest BCUT2D eigenvalue weighted by atomic mass is 9.97. The van der Waals surface area contributed by atoms with E-state index in [0.717, 1.165) is 44.5 Å². The molecule has 0 bridgehead atoms. The fourth-order valence-electron chi connectivity index (χ4n) is 4.01. The minimum atomic E-state index is 0.600. The Labute approximate surface area is 176 Å². The summed E-state index contributed by atoms with van der Waals surface area (Å²) in [6, 6.07) is 5.60. The Kier molecular flexibility index (Phi) is 10.3. The molecule has 0 aromatic carbocycles. The van der Waals surface area contributed by atoms with Gasteiger partial charge in [-0.15, -0.1) is 11.3 Å². The maximum atomic E-state index is 4.40. The molecule has 1 aromatic heterocycles. The van der Waals surface area contributed by atoms with Crippen LogP contribution in [0.1, 0.15) is 51.8 Å². The third kappa shape index (κ3) is 8.10. The van der Waals surface area contributed by atoms with Crippen LogP contribution in [0.4, 0.5) is 0 Å². The average Bonchev–Trinajstić information content (AvgIpc) is 3.17. The summed E-state index contributed by atoms with van der Waals surface area (Å²) in [6.45, 7) is 15.8. The first kappa shape index (κ1) is 23.2. The second kappa shape index (κ2) is 12.5. The standard InChI is InChI=1S/C22H41N5S/c1-18(2)27(19(3)4)12-7-11-24-22(23-5)25-16-20-9-13-26(14-10-20)17-21-8-6-15-28-21/h6,8,15,18-20H,7,9-14,16-17H2,1-5H3,(H2,23,24,25). The Hall–Kier alpha value is -1.11. The lowest BCUT2D eigenvalue weighted by Crippen LogP contribution is -2.44. The van der Waals surface area contributed by atoms with E-state index < -0.39 is 0 Å². The molecule has 0 aliphatic carbocycles. The van der Waals surface area contributed by atoms with Gasteiger partial charge in [0.2, 0.25) is 0 Å².